The highest BCUT2D eigenvalue weighted by molar-refractivity contribution is 6.11. The fourth-order valence-corrected chi connectivity index (χ4v) is 9.37. The standard InChI is InChI=1S/C56H35N7O2/c1-5-17-48-42(13-1)43-14-2-6-18-49(43)61(48)37-34-59-56(60-35-37)36-29-40(64-38-23-25-46-44-15-3-7-19-50(44)62(52(46)32-38)54-21-9-11-27-57-54)31-41(30-36)65-39-24-26-47-45-16-4-8-20-51(45)63(53(47)33-39)55-22-10-12-28-58-55/h1-35H. The third-order valence-corrected chi connectivity index (χ3v) is 12.1. The van der Waals surface area contributed by atoms with Crippen LogP contribution in [0.4, 0.5) is 0 Å². The van der Waals surface area contributed by atoms with Crippen LogP contribution in [0, 0.1) is 0 Å². The van der Waals surface area contributed by atoms with E-state index >= 15 is 0 Å². The van der Waals surface area contributed by atoms with Gasteiger partial charge in [-0.3, -0.25) is 9.13 Å². The SMILES string of the molecule is c1ccc(-n2c3ccccc3c3ccc(Oc4cc(Oc5ccc6c7ccccc7n(-c7ccccn7)c6c5)cc(-c5ncc(-n6c7ccccc7c7ccccc76)cn5)c4)cc32)nc1. The van der Waals surface area contributed by atoms with Crippen LogP contribution in [0.3, 0.4) is 0 Å². The molecule has 0 saturated heterocycles. The summed E-state index contributed by atoms with van der Waals surface area (Å²) < 4.78 is 20.2. The van der Waals surface area contributed by atoms with Crippen molar-refractivity contribution in [1.82, 2.24) is 33.6 Å². The average molecular weight is 838 g/mol. The first-order valence-corrected chi connectivity index (χ1v) is 21.4. The van der Waals surface area contributed by atoms with Crippen LogP contribution in [0.1, 0.15) is 0 Å². The molecule has 6 heterocycles. The Bertz CT molecular complexity index is 3720. The Labute approximate surface area is 371 Å². The van der Waals surface area contributed by atoms with Crippen molar-refractivity contribution in [3.8, 4) is 51.7 Å². The molecule has 0 spiro atoms. The molecule has 0 unspecified atom stereocenters. The zero-order chi connectivity index (χ0) is 42.8. The lowest BCUT2D eigenvalue weighted by Gasteiger charge is -2.13. The van der Waals surface area contributed by atoms with Crippen molar-refractivity contribution in [3.63, 3.8) is 0 Å². The number of fused-ring (bicyclic) bond motifs is 9. The van der Waals surface area contributed by atoms with E-state index in [0.29, 0.717) is 28.8 Å². The maximum Gasteiger partial charge on any atom is 0.159 e. The van der Waals surface area contributed by atoms with Crippen LogP contribution in [0.2, 0.25) is 0 Å². The number of pyridine rings is 2. The summed E-state index contributed by atoms with van der Waals surface area (Å²) in [7, 11) is 0. The number of hydrogen-bond acceptors (Lipinski definition) is 6. The zero-order valence-electron chi connectivity index (χ0n) is 34.7. The van der Waals surface area contributed by atoms with Gasteiger partial charge in [-0.1, -0.05) is 84.9 Å². The Morgan fingerprint density at radius 1 is 0.308 bits per heavy atom. The molecular formula is C56H35N7O2. The fourth-order valence-electron chi connectivity index (χ4n) is 9.37. The van der Waals surface area contributed by atoms with Gasteiger partial charge in [0.05, 0.1) is 51.2 Å². The third kappa shape index (κ3) is 6.09. The average Bonchev–Trinajstić information content (AvgIpc) is 4.00. The second-order valence-corrected chi connectivity index (χ2v) is 16.0. The van der Waals surface area contributed by atoms with Gasteiger partial charge in [-0.05, 0) is 84.9 Å². The minimum atomic E-state index is 0.529. The van der Waals surface area contributed by atoms with Gasteiger partial charge in [-0.15, -0.1) is 0 Å². The van der Waals surface area contributed by atoms with Gasteiger partial charge in [0, 0.05) is 68.5 Å². The van der Waals surface area contributed by atoms with Gasteiger partial charge in [0.2, 0.25) is 0 Å². The number of benzene rings is 7. The molecule has 13 rings (SSSR count). The van der Waals surface area contributed by atoms with E-state index in [0.717, 1.165) is 77.5 Å². The Morgan fingerprint density at radius 2 is 0.708 bits per heavy atom. The highest BCUT2D eigenvalue weighted by Crippen LogP contribution is 2.40. The molecule has 0 saturated carbocycles. The molecule has 0 aliphatic rings. The summed E-state index contributed by atoms with van der Waals surface area (Å²) in [5.41, 5.74) is 7.88. The summed E-state index contributed by atoms with van der Waals surface area (Å²) in [6.07, 6.45) is 7.39. The summed E-state index contributed by atoms with van der Waals surface area (Å²) >= 11 is 0. The predicted molar refractivity (Wildman–Crippen MR) is 259 cm³/mol. The number of rotatable bonds is 8. The van der Waals surface area contributed by atoms with Crippen molar-refractivity contribution >= 4 is 65.4 Å². The summed E-state index contributed by atoms with van der Waals surface area (Å²) in [6.45, 7) is 0. The number of hydrogen-bond donors (Lipinski definition) is 0. The topological polar surface area (TPSA) is 84.8 Å². The Morgan fingerprint density at radius 3 is 1.14 bits per heavy atom. The minimum absolute atomic E-state index is 0.529. The van der Waals surface area contributed by atoms with Crippen molar-refractivity contribution in [2.45, 2.75) is 0 Å². The Hall–Kier alpha value is -9.08. The van der Waals surface area contributed by atoms with E-state index in [-0.39, 0.29) is 0 Å². The Kier molecular flexibility index (Phi) is 8.32. The highest BCUT2D eigenvalue weighted by Gasteiger charge is 2.18. The second kappa shape index (κ2) is 14.8. The first-order valence-electron chi connectivity index (χ1n) is 21.4. The molecule has 65 heavy (non-hydrogen) atoms. The molecular weight excluding hydrogens is 803 g/mol. The number of ether oxygens (including phenoxy) is 2. The van der Waals surface area contributed by atoms with Crippen molar-refractivity contribution in [3.05, 3.63) is 213 Å². The lowest BCUT2D eigenvalue weighted by atomic mass is 10.1. The van der Waals surface area contributed by atoms with Crippen LogP contribution in [0.25, 0.3) is 94.1 Å². The molecule has 306 valence electrons. The van der Waals surface area contributed by atoms with Crippen LogP contribution in [0.5, 0.6) is 23.0 Å². The monoisotopic (exact) mass is 837 g/mol. The third-order valence-electron chi connectivity index (χ3n) is 12.1. The molecule has 13 aromatic rings. The molecule has 0 fully saturated rings. The number of para-hydroxylation sites is 4. The fraction of sp³-hybridized carbons (Fsp3) is 0. The van der Waals surface area contributed by atoms with E-state index < -0.39 is 0 Å². The molecule has 9 nitrogen and oxygen atoms in total. The molecule has 9 heteroatoms. The smallest absolute Gasteiger partial charge is 0.159 e. The molecule has 0 aliphatic heterocycles. The Balaban J connectivity index is 0.933. The maximum absolute atomic E-state index is 6.79. The largest absolute Gasteiger partial charge is 0.457 e. The zero-order valence-corrected chi connectivity index (χ0v) is 34.7. The summed E-state index contributed by atoms with van der Waals surface area (Å²) in [6, 6.07) is 63.7. The van der Waals surface area contributed by atoms with Gasteiger partial charge in [-0.25, -0.2) is 19.9 Å². The van der Waals surface area contributed by atoms with Crippen LogP contribution in [-0.4, -0.2) is 33.6 Å². The maximum atomic E-state index is 6.79. The van der Waals surface area contributed by atoms with Gasteiger partial charge >= 0.3 is 0 Å². The van der Waals surface area contributed by atoms with E-state index in [1.54, 1.807) is 0 Å². The molecule has 6 aromatic heterocycles. The van der Waals surface area contributed by atoms with Crippen LogP contribution < -0.4 is 9.47 Å². The van der Waals surface area contributed by atoms with E-state index in [2.05, 4.69) is 135 Å². The van der Waals surface area contributed by atoms with Gasteiger partial charge in [0.25, 0.3) is 0 Å². The van der Waals surface area contributed by atoms with Crippen molar-refractivity contribution in [1.29, 1.82) is 0 Å². The quantitative estimate of drug-likeness (QED) is 0.152. The molecule has 7 aromatic carbocycles. The first-order chi connectivity index (χ1) is 32.2. The van der Waals surface area contributed by atoms with E-state index in [1.165, 1.54) is 10.8 Å². The van der Waals surface area contributed by atoms with Gasteiger partial charge in [-0.2, -0.15) is 0 Å². The second-order valence-electron chi connectivity index (χ2n) is 16.0. The molecule has 0 aliphatic carbocycles. The van der Waals surface area contributed by atoms with Gasteiger partial charge < -0.3 is 14.0 Å². The van der Waals surface area contributed by atoms with Gasteiger partial charge in [0.1, 0.15) is 34.6 Å². The lowest BCUT2D eigenvalue weighted by Crippen LogP contribution is -1.98. The number of aromatic nitrogens is 7. The van der Waals surface area contributed by atoms with Crippen molar-refractivity contribution in [2.75, 3.05) is 0 Å². The molecule has 0 amide bonds. The normalized spacial score (nSPS) is 11.7. The molecule has 0 N–H and O–H groups in total. The van der Waals surface area contributed by atoms with E-state index in [9.17, 15) is 0 Å². The van der Waals surface area contributed by atoms with Crippen LogP contribution in [-0.2, 0) is 0 Å². The van der Waals surface area contributed by atoms with E-state index in [4.69, 9.17) is 29.4 Å². The first kappa shape index (κ1) is 36.6. The van der Waals surface area contributed by atoms with Gasteiger partial charge in [0.15, 0.2) is 5.82 Å². The van der Waals surface area contributed by atoms with Crippen LogP contribution in [0.15, 0.2) is 213 Å². The van der Waals surface area contributed by atoms with Crippen molar-refractivity contribution in [2.24, 2.45) is 0 Å². The summed E-state index contributed by atoms with van der Waals surface area (Å²) in [4.78, 5) is 19.4. The summed E-state index contributed by atoms with van der Waals surface area (Å²) in [5, 5.41) is 6.83. The lowest BCUT2D eigenvalue weighted by molar-refractivity contribution is 0.461. The van der Waals surface area contributed by atoms with Crippen LogP contribution >= 0.6 is 0 Å². The van der Waals surface area contributed by atoms with Crippen molar-refractivity contribution < 1.29 is 9.47 Å². The molecule has 0 bridgehead atoms. The predicted octanol–water partition coefficient (Wildman–Crippen LogP) is 13.8. The van der Waals surface area contributed by atoms with E-state index in [1.807, 2.05) is 91.5 Å². The molecule has 0 atom stereocenters. The summed E-state index contributed by atoms with van der Waals surface area (Å²) in [5.74, 6) is 4.63. The minimum Gasteiger partial charge on any atom is -0.457 e. The highest BCUT2D eigenvalue weighted by atomic mass is 16.5. The molecule has 0 radical (unpaired) electrons. The number of nitrogens with zero attached hydrogens (tertiary/aromatic N) is 7.